The van der Waals surface area contributed by atoms with Crippen LogP contribution in [0.25, 0.3) is 0 Å². The first-order valence-electron chi connectivity index (χ1n) is 9.90. The molecule has 1 aromatic rings. The highest BCUT2D eigenvalue weighted by molar-refractivity contribution is 5.91. The fourth-order valence-corrected chi connectivity index (χ4v) is 3.57. The fourth-order valence-electron chi connectivity index (χ4n) is 3.57. The predicted octanol–water partition coefficient (Wildman–Crippen LogP) is 1.94. The molecule has 0 spiro atoms. The van der Waals surface area contributed by atoms with Crippen molar-refractivity contribution in [1.29, 1.82) is 0 Å². The quantitative estimate of drug-likeness (QED) is 0.575. The Morgan fingerprint density at radius 2 is 2.03 bits per heavy atom. The number of nitrogens with zero attached hydrogens (tertiary/aromatic N) is 1. The second-order valence-electron chi connectivity index (χ2n) is 7.43. The van der Waals surface area contributed by atoms with Crippen molar-refractivity contribution in [2.45, 2.75) is 57.2 Å². The molecule has 3 atom stereocenters. The molecule has 1 unspecified atom stereocenters. The summed E-state index contributed by atoms with van der Waals surface area (Å²) in [5.74, 6) is -2.32. The minimum Gasteiger partial charge on any atom is -0.480 e. The Labute approximate surface area is 170 Å². The monoisotopic (exact) mass is 408 g/mol. The first kappa shape index (κ1) is 22.8. The van der Waals surface area contributed by atoms with E-state index in [2.05, 4.69) is 5.32 Å². The summed E-state index contributed by atoms with van der Waals surface area (Å²) in [6.45, 7) is 2.38. The Morgan fingerprint density at radius 3 is 2.62 bits per heavy atom. The van der Waals surface area contributed by atoms with Crippen molar-refractivity contribution >= 4 is 17.8 Å². The van der Waals surface area contributed by atoms with E-state index in [-0.39, 0.29) is 13.2 Å². The molecule has 1 aliphatic heterocycles. The molecule has 0 saturated carbocycles. The summed E-state index contributed by atoms with van der Waals surface area (Å²) in [6.07, 6.45) is 1.72. The largest absolute Gasteiger partial charge is 0.480 e. The van der Waals surface area contributed by atoms with E-state index < -0.39 is 42.1 Å². The van der Waals surface area contributed by atoms with Crippen molar-refractivity contribution in [2.24, 2.45) is 0 Å². The molecule has 1 heterocycles. The lowest BCUT2D eigenvalue weighted by Crippen LogP contribution is -2.63. The number of rotatable bonds is 10. The number of hydrogen-bond acceptors (Lipinski definition) is 5. The number of alkyl halides is 1. The Hall–Kier alpha value is -2.48. The van der Waals surface area contributed by atoms with Crippen molar-refractivity contribution in [3.63, 3.8) is 0 Å². The van der Waals surface area contributed by atoms with Gasteiger partial charge in [-0.1, -0.05) is 30.3 Å². The normalized spacial score (nSPS) is 19.4. The lowest BCUT2D eigenvalue weighted by atomic mass is 9.97. The summed E-state index contributed by atoms with van der Waals surface area (Å²) in [5, 5.41) is 12.2. The molecule has 0 aromatic heterocycles. The standard InChI is InChI=1S/C21H29FN2O5/c1-3-29-19(27)16(12-11-15-8-5-4-6-9-15)23-21(2,14-22)20(28)24-13-7-10-17(24)18(25)26/h4-6,8-9,16-17,23H,3,7,10-14H2,1-2H3,(H,25,26)/t16?,17-,21+/m0/s1. The molecule has 0 bridgehead atoms. The zero-order valence-corrected chi connectivity index (χ0v) is 16.9. The minimum atomic E-state index is -1.72. The average molecular weight is 408 g/mol. The van der Waals surface area contributed by atoms with Crippen LogP contribution < -0.4 is 5.32 Å². The fraction of sp³-hybridized carbons (Fsp3) is 0.571. The van der Waals surface area contributed by atoms with E-state index in [9.17, 15) is 23.9 Å². The smallest absolute Gasteiger partial charge is 0.326 e. The summed E-state index contributed by atoms with van der Waals surface area (Å²) in [6, 6.07) is 7.63. The third kappa shape index (κ3) is 5.76. The van der Waals surface area contributed by atoms with Gasteiger partial charge in [-0.15, -0.1) is 0 Å². The number of hydrogen-bond donors (Lipinski definition) is 2. The molecule has 0 aliphatic carbocycles. The van der Waals surface area contributed by atoms with Gasteiger partial charge >= 0.3 is 11.9 Å². The van der Waals surface area contributed by atoms with Gasteiger partial charge < -0.3 is 14.7 Å². The van der Waals surface area contributed by atoms with Gasteiger partial charge in [-0.05, 0) is 45.1 Å². The van der Waals surface area contributed by atoms with Gasteiger partial charge in [0.1, 0.15) is 24.3 Å². The average Bonchev–Trinajstić information content (AvgIpc) is 3.21. The van der Waals surface area contributed by atoms with Gasteiger partial charge in [0.25, 0.3) is 0 Å². The van der Waals surface area contributed by atoms with Crippen molar-refractivity contribution in [1.82, 2.24) is 10.2 Å². The van der Waals surface area contributed by atoms with Crippen LogP contribution in [-0.2, 0) is 25.5 Å². The molecule has 2 rings (SSSR count). The van der Waals surface area contributed by atoms with Gasteiger partial charge in [0.15, 0.2) is 0 Å². The first-order valence-corrected chi connectivity index (χ1v) is 9.90. The summed E-state index contributed by atoms with van der Waals surface area (Å²) in [4.78, 5) is 38.1. The third-order valence-corrected chi connectivity index (χ3v) is 5.17. The summed E-state index contributed by atoms with van der Waals surface area (Å²) < 4.78 is 19.1. The highest BCUT2D eigenvalue weighted by Crippen LogP contribution is 2.23. The van der Waals surface area contributed by atoms with Crippen molar-refractivity contribution in [2.75, 3.05) is 19.8 Å². The molecule has 160 valence electrons. The number of aliphatic carboxylic acids is 1. The highest BCUT2D eigenvalue weighted by atomic mass is 19.1. The predicted molar refractivity (Wildman–Crippen MR) is 105 cm³/mol. The number of amides is 1. The zero-order chi connectivity index (χ0) is 21.4. The van der Waals surface area contributed by atoms with Crippen molar-refractivity contribution in [3.8, 4) is 0 Å². The van der Waals surface area contributed by atoms with Crippen LogP contribution in [0.2, 0.25) is 0 Å². The number of carboxylic acid groups (broad SMARTS) is 1. The zero-order valence-electron chi connectivity index (χ0n) is 16.9. The molecule has 8 heteroatoms. The van der Waals surface area contributed by atoms with Crippen LogP contribution in [0.5, 0.6) is 0 Å². The van der Waals surface area contributed by atoms with E-state index in [1.807, 2.05) is 30.3 Å². The molecule has 7 nitrogen and oxygen atoms in total. The third-order valence-electron chi connectivity index (χ3n) is 5.17. The van der Waals surface area contributed by atoms with Crippen LogP contribution in [0.15, 0.2) is 30.3 Å². The van der Waals surface area contributed by atoms with Gasteiger partial charge in [0, 0.05) is 6.54 Å². The van der Waals surface area contributed by atoms with Crippen LogP contribution in [-0.4, -0.2) is 65.3 Å². The lowest BCUT2D eigenvalue weighted by molar-refractivity contribution is -0.153. The first-order chi connectivity index (χ1) is 13.8. The summed E-state index contributed by atoms with van der Waals surface area (Å²) in [5.41, 5.74) is -0.714. The number of carbonyl (C=O) groups excluding carboxylic acids is 2. The SMILES string of the molecule is CCOC(=O)C(CCc1ccccc1)N[C@](C)(CF)C(=O)N1CCC[C@H]1C(=O)O. The molecule has 2 N–H and O–H groups in total. The maximum absolute atomic E-state index is 14.0. The van der Waals surface area contributed by atoms with Crippen LogP contribution in [0.4, 0.5) is 4.39 Å². The van der Waals surface area contributed by atoms with Crippen LogP contribution in [0, 0.1) is 0 Å². The number of carboxylic acids is 1. The van der Waals surface area contributed by atoms with E-state index in [0.29, 0.717) is 25.7 Å². The number of nitrogens with one attached hydrogen (secondary N) is 1. The molecular formula is C21H29FN2O5. The molecule has 1 aliphatic rings. The molecule has 1 amide bonds. The maximum atomic E-state index is 14.0. The number of benzene rings is 1. The highest BCUT2D eigenvalue weighted by Gasteiger charge is 2.45. The van der Waals surface area contributed by atoms with Crippen molar-refractivity contribution < 1.29 is 28.6 Å². The number of esters is 1. The number of carbonyl (C=O) groups is 3. The van der Waals surface area contributed by atoms with Gasteiger partial charge in [-0.3, -0.25) is 14.9 Å². The lowest BCUT2D eigenvalue weighted by Gasteiger charge is -2.35. The second kappa shape index (κ2) is 10.3. The van der Waals surface area contributed by atoms with Crippen molar-refractivity contribution in [3.05, 3.63) is 35.9 Å². The Kier molecular flexibility index (Phi) is 8.13. The molecule has 0 radical (unpaired) electrons. The van der Waals surface area contributed by atoms with E-state index >= 15 is 0 Å². The second-order valence-corrected chi connectivity index (χ2v) is 7.43. The van der Waals surface area contributed by atoms with Crippen LogP contribution in [0.1, 0.15) is 38.7 Å². The van der Waals surface area contributed by atoms with Crippen LogP contribution >= 0.6 is 0 Å². The summed E-state index contributed by atoms with van der Waals surface area (Å²) >= 11 is 0. The molecule has 1 saturated heterocycles. The van der Waals surface area contributed by atoms with E-state index in [4.69, 9.17) is 4.74 Å². The van der Waals surface area contributed by atoms with Gasteiger partial charge in [0.2, 0.25) is 5.91 Å². The molecule has 1 aromatic carbocycles. The molecular weight excluding hydrogens is 379 g/mol. The van der Waals surface area contributed by atoms with E-state index in [1.165, 1.54) is 11.8 Å². The minimum absolute atomic E-state index is 0.163. The van der Waals surface area contributed by atoms with Gasteiger partial charge in [0.05, 0.1) is 6.61 Å². The molecule has 1 fully saturated rings. The Bertz CT molecular complexity index is 714. The maximum Gasteiger partial charge on any atom is 0.326 e. The van der Waals surface area contributed by atoms with E-state index in [1.54, 1.807) is 6.92 Å². The number of likely N-dealkylation sites (tertiary alicyclic amines) is 1. The molecule has 29 heavy (non-hydrogen) atoms. The van der Waals surface area contributed by atoms with Crippen LogP contribution in [0.3, 0.4) is 0 Å². The number of halogens is 1. The topological polar surface area (TPSA) is 95.9 Å². The number of ether oxygens (including phenoxy) is 1. The van der Waals surface area contributed by atoms with E-state index in [0.717, 1.165) is 5.56 Å². The Morgan fingerprint density at radius 1 is 1.34 bits per heavy atom. The van der Waals surface area contributed by atoms with Gasteiger partial charge in [-0.2, -0.15) is 0 Å². The van der Waals surface area contributed by atoms with Gasteiger partial charge in [-0.25, -0.2) is 9.18 Å². The number of aryl methyl sites for hydroxylation is 1. The Balaban J connectivity index is 2.17. The summed E-state index contributed by atoms with van der Waals surface area (Å²) in [7, 11) is 0.